The van der Waals surface area contributed by atoms with Crippen molar-refractivity contribution in [3.8, 4) is 0 Å². The Labute approximate surface area is 197 Å². The number of nitrogens with zero attached hydrogens (tertiary/aromatic N) is 2. The largest absolute Gasteiger partial charge is 0.399 e. The van der Waals surface area contributed by atoms with Gasteiger partial charge in [0.25, 0.3) is 0 Å². The number of halogens is 3. The molecule has 3 aliphatic heterocycles. The van der Waals surface area contributed by atoms with Crippen LogP contribution < -0.4 is 27.6 Å². The molecule has 1 aromatic carbocycles. The Hall–Kier alpha value is -1.75. The lowest BCUT2D eigenvalue weighted by Crippen LogP contribution is -2.42. The molecule has 3 heterocycles. The first-order chi connectivity index (χ1) is 15.3. The maximum atomic E-state index is 14.0. The molecular weight excluding hydrogens is 456 g/mol. The molecule has 176 valence electrons. The molecule has 0 spiro atoms. The highest BCUT2D eigenvalue weighted by atomic mass is 35.5. The van der Waals surface area contributed by atoms with Crippen LogP contribution in [0.5, 0.6) is 0 Å². The quantitative estimate of drug-likeness (QED) is 0.401. The Kier molecular flexibility index (Phi) is 7.34. The second-order valence-corrected chi connectivity index (χ2v) is 9.26. The van der Waals surface area contributed by atoms with Gasteiger partial charge in [-0.2, -0.15) is 0 Å². The summed E-state index contributed by atoms with van der Waals surface area (Å²) < 4.78 is 20.1. The molecule has 0 amide bonds. The number of allylic oxidation sites excluding steroid dienone is 1. The molecule has 4 rings (SSSR count). The van der Waals surface area contributed by atoms with Crippen molar-refractivity contribution in [1.29, 1.82) is 0 Å². The first-order valence-corrected chi connectivity index (χ1v) is 11.5. The van der Waals surface area contributed by atoms with E-state index >= 15 is 0 Å². The third-order valence-corrected chi connectivity index (χ3v) is 7.00. The fraction of sp³-hybridized carbons (Fsp3) is 0.524. The third kappa shape index (κ3) is 5.08. The van der Waals surface area contributed by atoms with Crippen molar-refractivity contribution < 1.29 is 9.13 Å². The van der Waals surface area contributed by atoms with Gasteiger partial charge in [-0.1, -0.05) is 23.2 Å². The molecule has 3 aliphatic rings. The lowest BCUT2D eigenvalue weighted by Gasteiger charge is -2.33. The van der Waals surface area contributed by atoms with Gasteiger partial charge in [-0.05, 0) is 51.2 Å². The molecule has 0 saturated carbocycles. The highest BCUT2D eigenvalue weighted by Crippen LogP contribution is 2.30. The Bertz CT molecular complexity index is 904. The second-order valence-electron chi connectivity index (χ2n) is 8.48. The standard InChI is InChI=1S/C21H30Cl2FN7O/c1-30-7-4-12(5-8-30)20-28-29-21(32-20)16(25)10-17-19(26)27-6-9-31(17)11-13-14(22)2-3-15(24)18(13)23/h2-3,10,12,20-21,27-29H,4-9,11,25-26H2,1H3/b16-10-. The molecule has 2 atom stereocenters. The zero-order chi connectivity index (χ0) is 22.8. The van der Waals surface area contributed by atoms with Crippen molar-refractivity contribution in [3.05, 3.63) is 56.8 Å². The first-order valence-electron chi connectivity index (χ1n) is 10.8. The Morgan fingerprint density at radius 3 is 2.75 bits per heavy atom. The summed E-state index contributed by atoms with van der Waals surface area (Å²) in [5.74, 6) is 0.385. The molecule has 8 nitrogen and oxygen atoms in total. The normalized spacial score (nSPS) is 26.0. The van der Waals surface area contributed by atoms with Crippen molar-refractivity contribution >= 4 is 23.2 Å². The van der Waals surface area contributed by atoms with E-state index in [2.05, 4.69) is 28.1 Å². The van der Waals surface area contributed by atoms with E-state index in [-0.39, 0.29) is 11.3 Å². The summed E-state index contributed by atoms with van der Waals surface area (Å²) >= 11 is 12.5. The van der Waals surface area contributed by atoms with E-state index < -0.39 is 12.0 Å². The first kappa shape index (κ1) is 23.4. The number of nitrogens with two attached hydrogens (primary N) is 2. The topological polar surface area (TPSA) is 104 Å². The van der Waals surface area contributed by atoms with Crippen molar-refractivity contribution in [2.24, 2.45) is 17.4 Å². The number of hydrazine groups is 1. The van der Waals surface area contributed by atoms with Gasteiger partial charge in [0, 0.05) is 36.1 Å². The van der Waals surface area contributed by atoms with Gasteiger partial charge < -0.3 is 31.3 Å². The monoisotopic (exact) mass is 485 g/mol. The maximum absolute atomic E-state index is 14.0. The van der Waals surface area contributed by atoms with Gasteiger partial charge in [-0.3, -0.25) is 0 Å². The van der Waals surface area contributed by atoms with E-state index in [1.165, 1.54) is 12.1 Å². The van der Waals surface area contributed by atoms with Gasteiger partial charge in [0.05, 0.1) is 16.4 Å². The van der Waals surface area contributed by atoms with Crippen LogP contribution >= 0.6 is 23.2 Å². The van der Waals surface area contributed by atoms with Crippen molar-refractivity contribution in [2.75, 3.05) is 33.2 Å². The van der Waals surface area contributed by atoms with Crippen LogP contribution in [0.1, 0.15) is 18.4 Å². The van der Waals surface area contributed by atoms with Crippen molar-refractivity contribution in [1.82, 2.24) is 26.0 Å². The molecule has 0 bridgehead atoms. The zero-order valence-corrected chi connectivity index (χ0v) is 19.5. The van der Waals surface area contributed by atoms with Crippen molar-refractivity contribution in [2.45, 2.75) is 31.8 Å². The maximum Gasteiger partial charge on any atom is 0.163 e. The Balaban J connectivity index is 1.48. The van der Waals surface area contributed by atoms with E-state index in [1.54, 1.807) is 6.08 Å². The van der Waals surface area contributed by atoms with Gasteiger partial charge in [0.1, 0.15) is 17.9 Å². The molecule has 0 aliphatic carbocycles. The van der Waals surface area contributed by atoms with E-state index in [0.29, 0.717) is 53.4 Å². The average molecular weight is 486 g/mol. The fourth-order valence-electron chi connectivity index (χ4n) is 4.27. The van der Waals surface area contributed by atoms with Crippen LogP contribution in [-0.2, 0) is 11.3 Å². The lowest BCUT2D eigenvalue weighted by molar-refractivity contribution is -0.00236. The van der Waals surface area contributed by atoms with Gasteiger partial charge in [-0.25, -0.2) is 15.2 Å². The van der Waals surface area contributed by atoms with Gasteiger partial charge in [0.15, 0.2) is 6.23 Å². The summed E-state index contributed by atoms with van der Waals surface area (Å²) in [6.45, 7) is 3.66. The number of likely N-dealkylation sites (tertiary alicyclic amines) is 1. The number of hydrogen-bond acceptors (Lipinski definition) is 8. The van der Waals surface area contributed by atoms with E-state index in [1.807, 2.05) is 4.90 Å². The number of ether oxygens (including phenoxy) is 1. The van der Waals surface area contributed by atoms with Crippen LogP contribution in [0.15, 0.2) is 35.4 Å². The molecule has 11 heteroatoms. The van der Waals surface area contributed by atoms with Gasteiger partial charge >= 0.3 is 0 Å². The molecule has 2 unspecified atom stereocenters. The smallest absolute Gasteiger partial charge is 0.163 e. The molecule has 2 saturated heterocycles. The van der Waals surface area contributed by atoms with Crippen LogP contribution in [0.25, 0.3) is 0 Å². The van der Waals surface area contributed by atoms with Gasteiger partial charge in [0.2, 0.25) is 0 Å². The molecule has 32 heavy (non-hydrogen) atoms. The lowest BCUT2D eigenvalue weighted by atomic mass is 9.95. The summed E-state index contributed by atoms with van der Waals surface area (Å²) in [6.07, 6.45) is 3.33. The predicted molar refractivity (Wildman–Crippen MR) is 123 cm³/mol. The summed E-state index contributed by atoms with van der Waals surface area (Å²) in [7, 11) is 2.13. The van der Waals surface area contributed by atoms with Crippen LogP contribution in [-0.4, -0.2) is 55.5 Å². The number of rotatable bonds is 5. The number of piperidine rings is 1. The molecule has 1 aromatic rings. The summed E-state index contributed by atoms with van der Waals surface area (Å²) in [6, 6.07) is 2.76. The molecule has 0 aromatic heterocycles. The average Bonchev–Trinajstić information content (AvgIpc) is 3.27. The highest BCUT2D eigenvalue weighted by molar-refractivity contribution is 6.36. The predicted octanol–water partition coefficient (Wildman–Crippen LogP) is 1.63. The minimum Gasteiger partial charge on any atom is -0.399 e. The van der Waals surface area contributed by atoms with Crippen LogP contribution in [0.3, 0.4) is 0 Å². The minimum absolute atomic E-state index is 0.0110. The van der Waals surface area contributed by atoms with Crippen molar-refractivity contribution in [3.63, 3.8) is 0 Å². The number of nitrogens with one attached hydrogen (secondary N) is 3. The van der Waals surface area contributed by atoms with Crippen LogP contribution in [0.2, 0.25) is 10.0 Å². The summed E-state index contributed by atoms with van der Waals surface area (Å²) in [4.78, 5) is 4.30. The highest BCUT2D eigenvalue weighted by Gasteiger charge is 2.34. The molecule has 7 N–H and O–H groups in total. The summed E-state index contributed by atoms with van der Waals surface area (Å²) in [5.41, 5.74) is 20.7. The second kappa shape index (κ2) is 10.0. The SMILES string of the molecule is CN1CCC(C2NNC(/C(N)=C/C3=C(N)NCCN3Cc3c(Cl)ccc(F)c3Cl)O2)CC1. The Morgan fingerprint density at radius 2 is 2.00 bits per heavy atom. The molecule has 0 radical (unpaired) electrons. The Morgan fingerprint density at radius 1 is 1.25 bits per heavy atom. The summed E-state index contributed by atoms with van der Waals surface area (Å²) in [5, 5.41) is 3.55. The van der Waals surface area contributed by atoms with E-state index in [0.717, 1.165) is 25.9 Å². The number of benzene rings is 1. The fourth-order valence-corrected chi connectivity index (χ4v) is 4.76. The van der Waals surface area contributed by atoms with E-state index in [9.17, 15) is 4.39 Å². The zero-order valence-electron chi connectivity index (χ0n) is 18.0. The minimum atomic E-state index is -0.510. The van der Waals surface area contributed by atoms with Crippen LogP contribution in [0, 0.1) is 11.7 Å². The van der Waals surface area contributed by atoms with Crippen LogP contribution in [0.4, 0.5) is 4.39 Å². The number of hydrogen-bond donors (Lipinski definition) is 5. The van der Waals surface area contributed by atoms with E-state index in [4.69, 9.17) is 39.4 Å². The third-order valence-electron chi connectivity index (χ3n) is 6.24. The van der Waals surface area contributed by atoms with Gasteiger partial charge in [-0.15, -0.1) is 0 Å². The molecular formula is C21H30Cl2FN7O. The molecule has 2 fully saturated rings.